The van der Waals surface area contributed by atoms with Crippen LogP contribution in [0.4, 0.5) is 0 Å². The molecular weight excluding hydrogens is 514 g/mol. The lowest BCUT2D eigenvalue weighted by Gasteiger charge is -2.42. The first-order valence-corrected chi connectivity index (χ1v) is 12.8. The summed E-state index contributed by atoms with van der Waals surface area (Å²) < 4.78 is 5.76. The summed E-state index contributed by atoms with van der Waals surface area (Å²) in [5.74, 6) is -2.96. The number of Topliss-reactive ketones (excluding diaryl/α,β-unsaturated/α-hetero) is 1. The van der Waals surface area contributed by atoms with E-state index in [0.29, 0.717) is 42.7 Å². The minimum absolute atomic E-state index is 0.0924. The Kier molecular flexibility index (Phi) is 6.03. The van der Waals surface area contributed by atoms with Crippen molar-refractivity contribution in [2.24, 2.45) is 17.8 Å². The van der Waals surface area contributed by atoms with Crippen LogP contribution >= 0.6 is 15.9 Å². The third kappa shape index (κ3) is 3.53. The smallest absolute Gasteiger partial charge is 0.233 e. The molecule has 4 aliphatic rings. The number of imide groups is 1. The van der Waals surface area contributed by atoms with Gasteiger partial charge in [0.05, 0.1) is 22.9 Å². The highest BCUT2D eigenvalue weighted by Gasteiger charge is 2.56. The Bertz CT molecular complexity index is 1260. The van der Waals surface area contributed by atoms with Gasteiger partial charge in [0.15, 0.2) is 23.1 Å². The number of ketones is 2. The number of aromatic hydroxyl groups is 1. The molecule has 2 amide bonds. The van der Waals surface area contributed by atoms with E-state index in [1.807, 2.05) is 19.9 Å². The molecular formula is C27H26BrNO6. The Morgan fingerprint density at radius 2 is 1.89 bits per heavy atom. The summed E-state index contributed by atoms with van der Waals surface area (Å²) in [4.78, 5) is 54.3. The molecule has 7 nitrogen and oxygen atoms in total. The van der Waals surface area contributed by atoms with Crippen LogP contribution in [-0.2, 0) is 19.2 Å². The van der Waals surface area contributed by atoms with E-state index < -0.39 is 23.7 Å². The largest absolute Gasteiger partial charge is 0.504 e. The fraction of sp³-hybridized carbons (Fsp3) is 0.407. The topological polar surface area (TPSA) is 101 Å². The summed E-state index contributed by atoms with van der Waals surface area (Å²) >= 11 is 3.22. The quantitative estimate of drug-likeness (QED) is 0.345. The predicted octanol–water partition coefficient (Wildman–Crippen LogP) is 3.96. The zero-order valence-electron chi connectivity index (χ0n) is 19.5. The van der Waals surface area contributed by atoms with Crippen LogP contribution in [0.1, 0.15) is 44.6 Å². The standard InChI is InChI=1S/C27H26BrNO6/c1-3-10-29-26(33)15-9-8-13-16(22(15)27(29)34)11-17-23(19(30)12-18(28)24(17)31)21(13)14-6-5-7-20(25(14)32)35-4-2/h5-8,12,15-16,21-22,32H,3-4,9-11H2,1-2H3. The number of hydrogen-bond acceptors (Lipinski definition) is 6. The second kappa shape index (κ2) is 8.90. The van der Waals surface area contributed by atoms with Crippen LogP contribution < -0.4 is 4.74 Å². The SMILES string of the molecule is CCCN1C(=O)C2CC=C3C(c4cccc(OCC)c4O)C4=C(CC3C2C1=O)C(=O)C(Br)=CC4=O. The van der Waals surface area contributed by atoms with Gasteiger partial charge >= 0.3 is 0 Å². The van der Waals surface area contributed by atoms with Crippen LogP contribution in [0.2, 0.25) is 0 Å². The Morgan fingerprint density at radius 1 is 1.11 bits per heavy atom. The van der Waals surface area contributed by atoms with Gasteiger partial charge in [0.25, 0.3) is 0 Å². The maximum absolute atomic E-state index is 13.4. The predicted molar refractivity (Wildman–Crippen MR) is 131 cm³/mol. The van der Waals surface area contributed by atoms with Crippen molar-refractivity contribution in [1.82, 2.24) is 4.90 Å². The summed E-state index contributed by atoms with van der Waals surface area (Å²) in [6.07, 6.45) is 4.48. The van der Waals surface area contributed by atoms with Crippen molar-refractivity contribution in [2.75, 3.05) is 13.2 Å². The number of carbonyl (C=O) groups is 4. The molecule has 3 aliphatic carbocycles. The van der Waals surface area contributed by atoms with Crippen molar-refractivity contribution in [3.05, 3.63) is 57.1 Å². The second-order valence-corrected chi connectivity index (χ2v) is 10.2. The molecule has 1 aliphatic heterocycles. The van der Waals surface area contributed by atoms with Crippen LogP contribution in [0.25, 0.3) is 0 Å². The van der Waals surface area contributed by atoms with Crippen molar-refractivity contribution in [3.8, 4) is 11.5 Å². The molecule has 1 aromatic rings. The van der Waals surface area contributed by atoms with Crippen molar-refractivity contribution in [3.63, 3.8) is 0 Å². The molecule has 1 N–H and O–H groups in total. The lowest BCUT2D eigenvalue weighted by Crippen LogP contribution is -2.39. The number of phenolic OH excluding ortho intramolecular Hbond substituents is 1. The summed E-state index contributed by atoms with van der Waals surface area (Å²) in [5, 5.41) is 11.1. The minimum atomic E-state index is -0.707. The number of amides is 2. The Labute approximate surface area is 211 Å². The number of benzene rings is 1. The maximum atomic E-state index is 13.4. The van der Waals surface area contributed by atoms with E-state index in [-0.39, 0.29) is 45.8 Å². The van der Waals surface area contributed by atoms with Gasteiger partial charge < -0.3 is 9.84 Å². The molecule has 1 heterocycles. The zero-order chi connectivity index (χ0) is 25.0. The van der Waals surface area contributed by atoms with E-state index in [1.165, 1.54) is 11.0 Å². The van der Waals surface area contributed by atoms with Gasteiger partial charge in [-0.2, -0.15) is 0 Å². The highest BCUT2D eigenvalue weighted by molar-refractivity contribution is 9.12. The first-order valence-electron chi connectivity index (χ1n) is 12.0. The minimum Gasteiger partial charge on any atom is -0.504 e. The van der Waals surface area contributed by atoms with E-state index in [0.717, 1.165) is 5.57 Å². The van der Waals surface area contributed by atoms with Crippen LogP contribution in [0.15, 0.2) is 51.6 Å². The van der Waals surface area contributed by atoms with Gasteiger partial charge in [-0.15, -0.1) is 0 Å². The molecule has 0 aromatic heterocycles. The number of allylic oxidation sites excluding steroid dienone is 6. The number of likely N-dealkylation sites (tertiary alicyclic amines) is 1. The molecule has 1 aromatic carbocycles. The number of halogens is 1. The molecule has 35 heavy (non-hydrogen) atoms. The molecule has 1 saturated heterocycles. The number of rotatable bonds is 5. The first-order chi connectivity index (χ1) is 16.8. The zero-order valence-corrected chi connectivity index (χ0v) is 21.1. The number of para-hydroxylation sites is 1. The first kappa shape index (κ1) is 23.7. The lowest BCUT2D eigenvalue weighted by atomic mass is 9.59. The second-order valence-electron chi connectivity index (χ2n) is 9.35. The summed E-state index contributed by atoms with van der Waals surface area (Å²) in [5.41, 5.74) is 1.92. The average molecular weight is 540 g/mol. The number of ether oxygens (including phenoxy) is 1. The van der Waals surface area contributed by atoms with E-state index in [2.05, 4.69) is 15.9 Å². The van der Waals surface area contributed by atoms with Gasteiger partial charge in [0.1, 0.15) is 0 Å². The fourth-order valence-electron chi connectivity index (χ4n) is 6.12. The summed E-state index contributed by atoms with van der Waals surface area (Å²) in [6, 6.07) is 5.11. The monoisotopic (exact) mass is 539 g/mol. The summed E-state index contributed by atoms with van der Waals surface area (Å²) in [7, 11) is 0. The average Bonchev–Trinajstić information content (AvgIpc) is 3.08. The molecule has 0 bridgehead atoms. The molecule has 0 saturated carbocycles. The maximum Gasteiger partial charge on any atom is 0.233 e. The van der Waals surface area contributed by atoms with E-state index >= 15 is 0 Å². The number of carbonyl (C=O) groups excluding carboxylic acids is 4. The van der Waals surface area contributed by atoms with Crippen LogP contribution in [0.3, 0.4) is 0 Å². The normalized spacial score (nSPS) is 27.9. The number of nitrogens with zero attached hydrogens (tertiary/aromatic N) is 1. The third-order valence-corrected chi connectivity index (χ3v) is 8.10. The van der Waals surface area contributed by atoms with Crippen molar-refractivity contribution < 1.29 is 29.0 Å². The van der Waals surface area contributed by atoms with Gasteiger partial charge in [-0.3, -0.25) is 24.1 Å². The van der Waals surface area contributed by atoms with Crippen LogP contribution in [0.5, 0.6) is 11.5 Å². The highest BCUT2D eigenvalue weighted by atomic mass is 79.9. The Hall–Kier alpha value is -3.00. The van der Waals surface area contributed by atoms with Gasteiger partial charge in [0, 0.05) is 35.2 Å². The molecule has 4 atom stereocenters. The fourth-order valence-corrected chi connectivity index (χ4v) is 6.56. The number of hydrogen-bond donors (Lipinski definition) is 1. The Morgan fingerprint density at radius 3 is 2.60 bits per heavy atom. The third-order valence-electron chi connectivity index (χ3n) is 7.51. The van der Waals surface area contributed by atoms with E-state index in [4.69, 9.17) is 4.74 Å². The summed E-state index contributed by atoms with van der Waals surface area (Å²) in [6.45, 7) is 4.45. The molecule has 0 spiro atoms. The highest BCUT2D eigenvalue weighted by Crippen LogP contribution is 2.56. The molecule has 182 valence electrons. The number of fused-ring (bicyclic) bond motifs is 3. The van der Waals surface area contributed by atoms with Crippen molar-refractivity contribution >= 4 is 39.3 Å². The lowest BCUT2D eigenvalue weighted by molar-refractivity contribution is -0.140. The van der Waals surface area contributed by atoms with Gasteiger partial charge in [0.2, 0.25) is 11.8 Å². The number of phenols is 1. The van der Waals surface area contributed by atoms with Gasteiger partial charge in [-0.25, -0.2) is 0 Å². The Balaban J connectivity index is 1.69. The van der Waals surface area contributed by atoms with Crippen LogP contribution in [-0.4, -0.2) is 46.5 Å². The van der Waals surface area contributed by atoms with Crippen molar-refractivity contribution in [1.29, 1.82) is 0 Å². The van der Waals surface area contributed by atoms with Gasteiger partial charge in [-0.05, 0) is 54.1 Å². The van der Waals surface area contributed by atoms with E-state index in [9.17, 15) is 24.3 Å². The molecule has 8 heteroatoms. The van der Waals surface area contributed by atoms with E-state index in [1.54, 1.807) is 18.2 Å². The van der Waals surface area contributed by atoms with Crippen molar-refractivity contribution in [2.45, 2.75) is 39.0 Å². The molecule has 5 rings (SSSR count). The molecule has 4 unspecified atom stereocenters. The molecule has 0 radical (unpaired) electrons. The molecule has 1 fully saturated rings. The van der Waals surface area contributed by atoms with Crippen LogP contribution in [0, 0.1) is 17.8 Å². The van der Waals surface area contributed by atoms with Gasteiger partial charge in [-0.1, -0.05) is 30.7 Å².